The van der Waals surface area contributed by atoms with Gasteiger partial charge in [-0.3, -0.25) is 14.9 Å². The van der Waals surface area contributed by atoms with Crippen LogP contribution in [0.15, 0.2) is 65.8 Å². The van der Waals surface area contributed by atoms with Crippen molar-refractivity contribution in [2.45, 2.75) is 26.2 Å². The minimum atomic E-state index is -0.336. The van der Waals surface area contributed by atoms with Crippen LogP contribution >= 0.6 is 0 Å². The second-order valence-electron chi connectivity index (χ2n) is 5.05. The molecule has 1 aliphatic carbocycles. The third kappa shape index (κ3) is 4.56. The van der Waals surface area contributed by atoms with Crippen molar-refractivity contribution in [3.63, 3.8) is 0 Å². The molecule has 0 saturated heterocycles. The van der Waals surface area contributed by atoms with Crippen LogP contribution in [0, 0.1) is 0 Å². The zero-order chi connectivity index (χ0) is 15.1. The number of rotatable bonds is 5. The molecule has 0 radical (unpaired) electrons. The van der Waals surface area contributed by atoms with Crippen LogP contribution in [0.25, 0.3) is 0 Å². The number of nitrogens with one attached hydrogen (secondary N) is 1. The standard InChI is InChI=1S/C18H19NO2/c1-14(15-9-5-6-10-15)8-7-13-17(20)19-18(21)16-11-3-2-4-12-16/h2-6,9-12H,7-8,13H2,1H3,(H,19,20,21). The predicted molar refractivity (Wildman–Crippen MR) is 83.7 cm³/mol. The first-order chi connectivity index (χ1) is 10.2. The Morgan fingerprint density at radius 1 is 1.00 bits per heavy atom. The molecule has 3 heteroatoms. The number of allylic oxidation sites excluding steroid dienone is 6. The van der Waals surface area contributed by atoms with Gasteiger partial charge in [-0.15, -0.1) is 0 Å². The zero-order valence-electron chi connectivity index (χ0n) is 12.1. The van der Waals surface area contributed by atoms with Gasteiger partial charge in [-0.1, -0.05) is 48.1 Å². The fourth-order valence-electron chi connectivity index (χ4n) is 2.17. The Balaban J connectivity index is 1.75. The van der Waals surface area contributed by atoms with E-state index in [1.165, 1.54) is 11.1 Å². The number of hydrogen-bond acceptors (Lipinski definition) is 2. The average molecular weight is 281 g/mol. The lowest BCUT2D eigenvalue weighted by Crippen LogP contribution is -2.30. The summed E-state index contributed by atoms with van der Waals surface area (Å²) in [6.45, 7) is 2.07. The molecular weight excluding hydrogens is 262 g/mol. The monoisotopic (exact) mass is 281 g/mol. The van der Waals surface area contributed by atoms with Gasteiger partial charge < -0.3 is 0 Å². The summed E-state index contributed by atoms with van der Waals surface area (Å²) >= 11 is 0. The Labute approximate surface area is 125 Å². The molecule has 1 N–H and O–H groups in total. The Morgan fingerprint density at radius 2 is 1.67 bits per heavy atom. The van der Waals surface area contributed by atoms with E-state index in [1.807, 2.05) is 18.2 Å². The lowest BCUT2D eigenvalue weighted by atomic mass is 10.0. The largest absolute Gasteiger partial charge is 0.292 e. The maximum Gasteiger partial charge on any atom is 0.257 e. The molecule has 0 aliphatic heterocycles. The molecule has 108 valence electrons. The first kappa shape index (κ1) is 15.0. The second kappa shape index (κ2) is 7.39. The van der Waals surface area contributed by atoms with Gasteiger partial charge in [0.05, 0.1) is 0 Å². The van der Waals surface area contributed by atoms with Crippen molar-refractivity contribution in [1.29, 1.82) is 0 Å². The average Bonchev–Trinajstić information content (AvgIpc) is 3.02. The van der Waals surface area contributed by atoms with Crippen molar-refractivity contribution >= 4 is 11.8 Å². The molecule has 0 spiro atoms. The van der Waals surface area contributed by atoms with Crippen LogP contribution in [0.4, 0.5) is 0 Å². The van der Waals surface area contributed by atoms with Crippen molar-refractivity contribution in [3.8, 4) is 0 Å². The third-order valence-corrected chi connectivity index (χ3v) is 3.40. The third-order valence-electron chi connectivity index (χ3n) is 3.40. The number of benzene rings is 1. The Bertz CT molecular complexity index is 595. The van der Waals surface area contributed by atoms with E-state index in [-0.39, 0.29) is 11.8 Å². The highest BCUT2D eigenvalue weighted by molar-refractivity contribution is 6.04. The van der Waals surface area contributed by atoms with Crippen molar-refractivity contribution in [2.24, 2.45) is 0 Å². The molecule has 21 heavy (non-hydrogen) atoms. The van der Waals surface area contributed by atoms with Crippen LogP contribution in [0.2, 0.25) is 0 Å². The zero-order valence-corrected chi connectivity index (χ0v) is 12.1. The Kier molecular flexibility index (Phi) is 5.27. The summed E-state index contributed by atoms with van der Waals surface area (Å²) in [5.74, 6) is -0.559. The summed E-state index contributed by atoms with van der Waals surface area (Å²) in [5.41, 5.74) is 2.99. The van der Waals surface area contributed by atoms with E-state index in [0.29, 0.717) is 12.0 Å². The van der Waals surface area contributed by atoms with Crippen molar-refractivity contribution < 1.29 is 9.59 Å². The van der Waals surface area contributed by atoms with Crippen LogP contribution in [0.1, 0.15) is 36.5 Å². The highest BCUT2D eigenvalue weighted by atomic mass is 16.2. The smallest absolute Gasteiger partial charge is 0.257 e. The molecular formula is C18H19NO2. The Hall–Kier alpha value is -2.42. The number of carbonyl (C=O) groups excluding carboxylic acids is 2. The molecule has 3 nitrogen and oxygen atoms in total. The first-order valence-corrected chi connectivity index (χ1v) is 7.10. The van der Waals surface area contributed by atoms with E-state index in [0.717, 1.165) is 12.8 Å². The number of hydrogen-bond donors (Lipinski definition) is 1. The number of carbonyl (C=O) groups is 2. The van der Waals surface area contributed by atoms with Gasteiger partial charge in [0.2, 0.25) is 5.91 Å². The van der Waals surface area contributed by atoms with Crippen molar-refractivity contribution in [3.05, 3.63) is 71.3 Å². The fourth-order valence-corrected chi connectivity index (χ4v) is 2.17. The van der Waals surface area contributed by atoms with Gasteiger partial charge in [-0.05, 0) is 37.5 Å². The van der Waals surface area contributed by atoms with Crippen LogP contribution in [0.3, 0.4) is 0 Å². The maximum atomic E-state index is 11.8. The van der Waals surface area contributed by atoms with Crippen LogP contribution < -0.4 is 5.32 Å². The van der Waals surface area contributed by atoms with E-state index in [2.05, 4.69) is 24.4 Å². The molecule has 0 aromatic heterocycles. The highest BCUT2D eigenvalue weighted by Gasteiger charge is 2.09. The van der Waals surface area contributed by atoms with Gasteiger partial charge in [-0.2, -0.15) is 0 Å². The van der Waals surface area contributed by atoms with Crippen molar-refractivity contribution in [1.82, 2.24) is 5.32 Å². The molecule has 1 aromatic rings. The molecule has 2 amide bonds. The van der Waals surface area contributed by atoms with Gasteiger partial charge in [0.15, 0.2) is 0 Å². The van der Waals surface area contributed by atoms with E-state index < -0.39 is 0 Å². The molecule has 0 bridgehead atoms. The first-order valence-electron chi connectivity index (χ1n) is 7.10. The van der Waals surface area contributed by atoms with Gasteiger partial charge >= 0.3 is 0 Å². The molecule has 1 aliphatic rings. The fraction of sp³-hybridized carbons (Fsp3) is 0.222. The second-order valence-corrected chi connectivity index (χ2v) is 5.05. The molecule has 1 aromatic carbocycles. The van der Waals surface area contributed by atoms with E-state index in [4.69, 9.17) is 0 Å². The molecule has 2 rings (SSSR count). The van der Waals surface area contributed by atoms with Gasteiger partial charge in [-0.25, -0.2) is 0 Å². The van der Waals surface area contributed by atoms with Crippen LogP contribution in [-0.4, -0.2) is 11.8 Å². The predicted octanol–water partition coefficient (Wildman–Crippen LogP) is 3.56. The summed E-state index contributed by atoms with van der Waals surface area (Å²) in [6.07, 6.45) is 10.1. The van der Waals surface area contributed by atoms with E-state index in [9.17, 15) is 9.59 Å². The normalized spacial score (nSPS) is 12.5. The minimum Gasteiger partial charge on any atom is -0.292 e. The summed E-state index contributed by atoms with van der Waals surface area (Å²) < 4.78 is 0. The SMILES string of the molecule is CC(CCCC(=O)NC(=O)c1ccccc1)=C1C=CC=C1. The molecule has 0 unspecified atom stereocenters. The van der Waals surface area contributed by atoms with Crippen LogP contribution in [-0.2, 0) is 4.79 Å². The van der Waals surface area contributed by atoms with Gasteiger partial charge in [0.1, 0.15) is 0 Å². The lowest BCUT2D eigenvalue weighted by Gasteiger charge is -2.05. The molecule has 0 heterocycles. The summed E-state index contributed by atoms with van der Waals surface area (Å²) in [6, 6.07) is 8.77. The summed E-state index contributed by atoms with van der Waals surface area (Å²) in [7, 11) is 0. The van der Waals surface area contributed by atoms with E-state index in [1.54, 1.807) is 24.3 Å². The highest BCUT2D eigenvalue weighted by Crippen LogP contribution is 2.17. The quantitative estimate of drug-likeness (QED) is 0.897. The van der Waals surface area contributed by atoms with Gasteiger partial charge in [0, 0.05) is 12.0 Å². The molecule has 0 saturated carbocycles. The molecule has 0 fully saturated rings. The van der Waals surface area contributed by atoms with Crippen LogP contribution in [0.5, 0.6) is 0 Å². The van der Waals surface area contributed by atoms with Crippen molar-refractivity contribution in [2.75, 3.05) is 0 Å². The molecule has 0 atom stereocenters. The lowest BCUT2D eigenvalue weighted by molar-refractivity contribution is -0.120. The van der Waals surface area contributed by atoms with Gasteiger partial charge in [0.25, 0.3) is 5.91 Å². The summed E-state index contributed by atoms with van der Waals surface area (Å²) in [4.78, 5) is 23.6. The minimum absolute atomic E-state index is 0.223. The maximum absolute atomic E-state index is 11.8. The topological polar surface area (TPSA) is 46.2 Å². The summed E-state index contributed by atoms with van der Waals surface area (Å²) in [5, 5.41) is 2.42. The van der Waals surface area contributed by atoms with E-state index >= 15 is 0 Å². The number of amides is 2. The Morgan fingerprint density at radius 3 is 2.33 bits per heavy atom. The number of imide groups is 1.